The summed E-state index contributed by atoms with van der Waals surface area (Å²) >= 11 is 12.2. The van der Waals surface area contributed by atoms with E-state index in [1.165, 1.54) is 35.2 Å². The molecule has 1 fully saturated rings. The molecule has 1 saturated heterocycles. The number of nitrogens with two attached hydrogens (primary N) is 1. The van der Waals surface area contributed by atoms with Crippen LogP contribution in [-0.2, 0) is 15.1 Å². The van der Waals surface area contributed by atoms with Gasteiger partial charge < -0.3 is 20.7 Å². The number of esters is 1. The zero-order chi connectivity index (χ0) is 28.3. The Labute approximate surface area is 232 Å². The fourth-order valence-corrected chi connectivity index (χ4v) is 5.62. The number of carbonyl (C=O) groups excluding carboxylic acids is 2. The normalized spacial score (nSPS) is 21.4. The number of nitrogens with one attached hydrogen (secondary N) is 1. The van der Waals surface area contributed by atoms with Gasteiger partial charge in [0.25, 0.3) is 0 Å². The van der Waals surface area contributed by atoms with Crippen LogP contribution in [0.4, 0.5) is 13.6 Å². The SMILES string of the molecule is CCOC(=O)CCCNC(=O)N1C[C@@H](CC(C)(C)C)[C@](N)(c2ccc(Cl)cc2F)[C@H]1c1cccc(Cl)c1F. The van der Waals surface area contributed by atoms with Gasteiger partial charge >= 0.3 is 12.0 Å². The van der Waals surface area contributed by atoms with Crippen LogP contribution in [0.15, 0.2) is 36.4 Å². The van der Waals surface area contributed by atoms with Crippen molar-refractivity contribution in [3.8, 4) is 0 Å². The molecule has 2 aromatic carbocycles. The average Bonchev–Trinajstić information content (AvgIpc) is 3.09. The molecular formula is C28H35Cl2F2N3O3. The monoisotopic (exact) mass is 569 g/mol. The second-order valence-electron chi connectivity index (χ2n) is 10.9. The number of urea groups is 1. The average molecular weight is 571 g/mol. The van der Waals surface area contributed by atoms with Crippen molar-refractivity contribution in [1.82, 2.24) is 10.2 Å². The van der Waals surface area contributed by atoms with E-state index in [9.17, 15) is 9.59 Å². The highest BCUT2D eigenvalue weighted by Crippen LogP contribution is 2.53. The lowest BCUT2D eigenvalue weighted by molar-refractivity contribution is -0.143. The topological polar surface area (TPSA) is 84.7 Å². The van der Waals surface area contributed by atoms with Crippen LogP contribution in [-0.4, -0.2) is 36.6 Å². The molecule has 0 radical (unpaired) electrons. The van der Waals surface area contributed by atoms with Crippen molar-refractivity contribution in [2.75, 3.05) is 19.7 Å². The zero-order valence-corrected chi connectivity index (χ0v) is 23.6. The molecule has 0 spiro atoms. The van der Waals surface area contributed by atoms with Gasteiger partial charge in [-0.15, -0.1) is 0 Å². The molecule has 2 aromatic rings. The molecule has 0 bridgehead atoms. The third-order valence-corrected chi connectivity index (χ3v) is 7.32. The largest absolute Gasteiger partial charge is 0.466 e. The van der Waals surface area contributed by atoms with E-state index in [1.807, 2.05) is 20.8 Å². The first-order chi connectivity index (χ1) is 17.8. The molecule has 38 heavy (non-hydrogen) atoms. The van der Waals surface area contributed by atoms with E-state index in [-0.39, 0.29) is 58.7 Å². The highest BCUT2D eigenvalue weighted by molar-refractivity contribution is 6.31. The Kier molecular flexibility index (Phi) is 9.66. The number of halogens is 4. The molecule has 208 valence electrons. The van der Waals surface area contributed by atoms with Gasteiger partial charge in [-0.05, 0) is 43.4 Å². The van der Waals surface area contributed by atoms with Gasteiger partial charge in [-0.25, -0.2) is 13.6 Å². The minimum Gasteiger partial charge on any atom is -0.466 e. The maximum Gasteiger partial charge on any atom is 0.318 e. The molecule has 3 rings (SSSR count). The fraction of sp³-hybridized carbons (Fsp3) is 0.500. The quantitative estimate of drug-likeness (QED) is 0.277. The van der Waals surface area contributed by atoms with Gasteiger partial charge in [-0.2, -0.15) is 0 Å². The van der Waals surface area contributed by atoms with Crippen LogP contribution in [0.2, 0.25) is 10.0 Å². The van der Waals surface area contributed by atoms with Crippen molar-refractivity contribution in [3.63, 3.8) is 0 Å². The summed E-state index contributed by atoms with van der Waals surface area (Å²) in [6, 6.07) is 7.13. The number of hydrogen-bond acceptors (Lipinski definition) is 4. The summed E-state index contributed by atoms with van der Waals surface area (Å²) in [5.74, 6) is -2.15. The third-order valence-electron chi connectivity index (χ3n) is 6.79. The molecule has 0 saturated carbocycles. The molecule has 10 heteroatoms. The summed E-state index contributed by atoms with van der Waals surface area (Å²) in [4.78, 5) is 26.6. The highest BCUT2D eigenvalue weighted by Gasteiger charge is 2.57. The maximum atomic E-state index is 15.5. The molecule has 1 heterocycles. The second-order valence-corrected chi connectivity index (χ2v) is 11.7. The summed E-state index contributed by atoms with van der Waals surface area (Å²) in [5, 5.41) is 2.87. The van der Waals surface area contributed by atoms with E-state index in [1.54, 1.807) is 13.0 Å². The van der Waals surface area contributed by atoms with Gasteiger partial charge in [-0.1, -0.05) is 62.2 Å². The summed E-state index contributed by atoms with van der Waals surface area (Å²) in [6.45, 7) is 8.42. The number of nitrogens with zero attached hydrogens (tertiary/aromatic N) is 1. The van der Waals surface area contributed by atoms with Crippen LogP contribution < -0.4 is 11.1 Å². The molecule has 3 atom stereocenters. The predicted molar refractivity (Wildman–Crippen MR) is 145 cm³/mol. The molecule has 0 aliphatic carbocycles. The highest BCUT2D eigenvalue weighted by atomic mass is 35.5. The predicted octanol–water partition coefficient (Wildman–Crippen LogP) is 6.59. The van der Waals surface area contributed by atoms with Gasteiger partial charge in [0.15, 0.2) is 0 Å². The van der Waals surface area contributed by atoms with Crippen LogP contribution in [0, 0.1) is 23.0 Å². The number of carbonyl (C=O) groups is 2. The molecule has 3 N–H and O–H groups in total. The standard InChI is InChI=1S/C28H35Cl2F2N3O3/c1-5-38-23(36)10-7-13-34-26(37)35-16-17(15-27(2,3)4)28(33,20-12-11-18(29)14-22(20)31)25(35)19-8-6-9-21(30)24(19)32/h6,8-9,11-12,14,17,25H,5,7,10,13,15-16,33H2,1-4H3,(H,34,37)/t17-,25-,28+/m1/s1. The Balaban J connectivity index is 2.07. The van der Waals surface area contributed by atoms with Gasteiger partial charge in [0.2, 0.25) is 0 Å². The molecule has 1 aliphatic heterocycles. The van der Waals surface area contributed by atoms with Crippen molar-refractivity contribution in [1.29, 1.82) is 0 Å². The summed E-state index contributed by atoms with van der Waals surface area (Å²) in [5.41, 5.74) is 5.65. The smallest absolute Gasteiger partial charge is 0.318 e. The Hall–Kier alpha value is -2.42. The first kappa shape index (κ1) is 30.1. The summed E-state index contributed by atoms with van der Waals surface area (Å²) in [7, 11) is 0. The Morgan fingerprint density at radius 1 is 1.21 bits per heavy atom. The number of ether oxygens (including phenoxy) is 1. The molecule has 1 aliphatic rings. The molecule has 0 aromatic heterocycles. The van der Waals surface area contributed by atoms with E-state index < -0.39 is 35.2 Å². The minimum absolute atomic E-state index is 0.0902. The first-order valence-corrected chi connectivity index (χ1v) is 13.4. The number of likely N-dealkylation sites (tertiary alicyclic amines) is 1. The summed E-state index contributed by atoms with van der Waals surface area (Å²) in [6.07, 6.45) is 1.03. The van der Waals surface area contributed by atoms with E-state index in [0.717, 1.165) is 0 Å². The van der Waals surface area contributed by atoms with Crippen molar-refractivity contribution in [2.45, 2.75) is 58.5 Å². The van der Waals surface area contributed by atoms with Gasteiger partial charge in [0.1, 0.15) is 11.6 Å². The number of hydrogen-bond donors (Lipinski definition) is 2. The van der Waals surface area contributed by atoms with Gasteiger partial charge in [-0.3, -0.25) is 4.79 Å². The Morgan fingerprint density at radius 3 is 2.55 bits per heavy atom. The lowest BCUT2D eigenvalue weighted by Crippen LogP contribution is -2.50. The molecule has 6 nitrogen and oxygen atoms in total. The van der Waals surface area contributed by atoms with E-state index in [2.05, 4.69) is 5.32 Å². The van der Waals surface area contributed by atoms with Crippen molar-refractivity contribution >= 4 is 35.2 Å². The number of amides is 2. The van der Waals surface area contributed by atoms with Crippen LogP contribution in [0.1, 0.15) is 64.1 Å². The molecular weight excluding hydrogens is 535 g/mol. The van der Waals surface area contributed by atoms with E-state index >= 15 is 8.78 Å². The van der Waals surface area contributed by atoms with Gasteiger partial charge in [0, 0.05) is 41.6 Å². The maximum absolute atomic E-state index is 15.5. The van der Waals surface area contributed by atoms with E-state index in [0.29, 0.717) is 12.8 Å². The zero-order valence-electron chi connectivity index (χ0n) is 22.1. The van der Waals surface area contributed by atoms with Crippen molar-refractivity contribution < 1.29 is 23.1 Å². The molecule has 0 unspecified atom stereocenters. The third kappa shape index (κ3) is 6.58. The Morgan fingerprint density at radius 2 is 1.92 bits per heavy atom. The lowest BCUT2D eigenvalue weighted by Gasteiger charge is -2.40. The number of benzene rings is 2. The first-order valence-electron chi connectivity index (χ1n) is 12.7. The van der Waals surface area contributed by atoms with Crippen LogP contribution in [0.25, 0.3) is 0 Å². The van der Waals surface area contributed by atoms with Crippen LogP contribution >= 0.6 is 23.2 Å². The lowest BCUT2D eigenvalue weighted by atomic mass is 9.69. The summed E-state index contributed by atoms with van der Waals surface area (Å²) < 4.78 is 36.0. The van der Waals surface area contributed by atoms with Gasteiger partial charge in [0.05, 0.1) is 23.2 Å². The van der Waals surface area contributed by atoms with Crippen LogP contribution in [0.5, 0.6) is 0 Å². The van der Waals surface area contributed by atoms with Crippen LogP contribution in [0.3, 0.4) is 0 Å². The van der Waals surface area contributed by atoms with Crippen molar-refractivity contribution in [2.24, 2.45) is 17.1 Å². The minimum atomic E-state index is -1.50. The number of rotatable bonds is 8. The van der Waals surface area contributed by atoms with Crippen molar-refractivity contribution in [3.05, 3.63) is 69.2 Å². The fourth-order valence-electron chi connectivity index (χ4n) is 5.28. The Bertz CT molecular complexity index is 1170. The molecule has 2 amide bonds. The second kappa shape index (κ2) is 12.2. The van der Waals surface area contributed by atoms with E-state index in [4.69, 9.17) is 33.7 Å².